The molecule has 1 saturated heterocycles. The first-order chi connectivity index (χ1) is 13.2. The van der Waals surface area contributed by atoms with Gasteiger partial charge in [-0.1, -0.05) is 32.9 Å². The molecule has 0 amide bonds. The molecule has 1 fully saturated rings. The largest absolute Gasteiger partial charge is 0.378 e. The van der Waals surface area contributed by atoms with Crippen molar-refractivity contribution >= 4 is 16.0 Å². The molecular formula is C20H26N4O3S. The molecule has 0 saturated carbocycles. The Morgan fingerprint density at radius 3 is 2.36 bits per heavy atom. The topological polar surface area (TPSA) is 75.6 Å². The lowest BCUT2D eigenvalue weighted by molar-refractivity contribution is 0.122. The summed E-state index contributed by atoms with van der Waals surface area (Å²) in [7, 11) is -3.57. The highest BCUT2D eigenvalue weighted by atomic mass is 32.2. The van der Waals surface area contributed by atoms with E-state index in [0.29, 0.717) is 30.6 Å². The molecule has 0 N–H and O–H groups in total. The maximum atomic E-state index is 13.1. The Labute approximate surface area is 166 Å². The number of fused-ring (bicyclic) bond motifs is 1. The van der Waals surface area contributed by atoms with Crippen molar-refractivity contribution in [3.8, 4) is 0 Å². The molecule has 0 aliphatic carbocycles. The van der Waals surface area contributed by atoms with Crippen molar-refractivity contribution < 1.29 is 13.2 Å². The number of sulfonamides is 1. The van der Waals surface area contributed by atoms with Crippen LogP contribution in [0.5, 0.6) is 0 Å². The van der Waals surface area contributed by atoms with Crippen LogP contribution in [-0.4, -0.2) is 49.0 Å². The Balaban J connectivity index is 1.54. The summed E-state index contributed by atoms with van der Waals surface area (Å²) in [5.41, 5.74) is 2.74. The molecule has 1 aromatic heterocycles. The Kier molecular flexibility index (Phi) is 4.89. The third-order valence-corrected chi connectivity index (χ3v) is 7.07. The fourth-order valence-corrected chi connectivity index (χ4v) is 4.85. The maximum Gasteiger partial charge on any atom is 0.243 e. The molecule has 2 aliphatic rings. The van der Waals surface area contributed by atoms with Crippen LogP contribution in [-0.2, 0) is 33.3 Å². The molecule has 3 heterocycles. The van der Waals surface area contributed by atoms with Crippen LogP contribution in [0.25, 0.3) is 0 Å². The van der Waals surface area contributed by atoms with Crippen molar-refractivity contribution in [2.45, 2.75) is 44.2 Å². The minimum atomic E-state index is -3.57. The highest BCUT2D eigenvalue weighted by molar-refractivity contribution is 7.89. The van der Waals surface area contributed by atoms with Crippen molar-refractivity contribution in [2.75, 3.05) is 31.2 Å². The average Bonchev–Trinajstić information content (AvgIpc) is 3.12. The molecule has 150 valence electrons. The maximum absolute atomic E-state index is 13.1. The van der Waals surface area contributed by atoms with Crippen LogP contribution in [0.2, 0.25) is 0 Å². The summed E-state index contributed by atoms with van der Waals surface area (Å²) in [6.07, 6.45) is 1.76. The van der Waals surface area contributed by atoms with E-state index in [1.54, 1.807) is 18.3 Å². The Morgan fingerprint density at radius 2 is 1.71 bits per heavy atom. The predicted octanol–water partition coefficient (Wildman–Crippen LogP) is 2.32. The lowest BCUT2D eigenvalue weighted by Gasteiger charge is -2.26. The van der Waals surface area contributed by atoms with Crippen molar-refractivity contribution in [1.29, 1.82) is 0 Å². The van der Waals surface area contributed by atoms with Crippen molar-refractivity contribution in [2.24, 2.45) is 0 Å². The molecule has 1 aromatic carbocycles. The standard InChI is InChI=1S/C20H26N4O3S/c1-20(2,3)16-4-6-17(7-5-16)28(25,26)24-13-15-12-21-19(22-18(15)14-24)23-8-10-27-11-9-23/h4-7,12H,8-11,13-14H2,1-3H3. The molecule has 0 radical (unpaired) electrons. The molecule has 0 unspecified atom stereocenters. The summed E-state index contributed by atoms with van der Waals surface area (Å²) < 4.78 is 33.0. The predicted molar refractivity (Wildman–Crippen MR) is 107 cm³/mol. The molecule has 0 spiro atoms. The second-order valence-electron chi connectivity index (χ2n) is 8.29. The number of benzene rings is 1. The number of hydrogen-bond acceptors (Lipinski definition) is 6. The summed E-state index contributed by atoms with van der Waals surface area (Å²) in [6, 6.07) is 7.19. The van der Waals surface area contributed by atoms with Crippen molar-refractivity contribution in [3.63, 3.8) is 0 Å². The summed E-state index contributed by atoms with van der Waals surface area (Å²) in [4.78, 5) is 11.5. The van der Waals surface area contributed by atoms with E-state index in [4.69, 9.17) is 4.74 Å². The summed E-state index contributed by atoms with van der Waals surface area (Å²) in [5, 5.41) is 0. The van der Waals surface area contributed by atoms with E-state index in [1.807, 2.05) is 12.1 Å². The number of rotatable bonds is 3. The molecule has 28 heavy (non-hydrogen) atoms. The quantitative estimate of drug-likeness (QED) is 0.784. The number of aromatic nitrogens is 2. The van der Waals surface area contributed by atoms with E-state index in [9.17, 15) is 8.42 Å². The molecular weight excluding hydrogens is 376 g/mol. The van der Waals surface area contributed by atoms with Crippen LogP contribution in [0.3, 0.4) is 0 Å². The van der Waals surface area contributed by atoms with Gasteiger partial charge in [0.15, 0.2) is 0 Å². The van der Waals surface area contributed by atoms with E-state index in [-0.39, 0.29) is 12.0 Å². The van der Waals surface area contributed by atoms with Gasteiger partial charge in [0.05, 0.1) is 30.3 Å². The zero-order valence-corrected chi connectivity index (χ0v) is 17.4. The SMILES string of the molecule is CC(C)(C)c1ccc(S(=O)(=O)N2Cc3cnc(N4CCOCC4)nc3C2)cc1. The zero-order valence-electron chi connectivity index (χ0n) is 16.6. The summed E-state index contributed by atoms with van der Waals surface area (Å²) in [5.74, 6) is 0.649. The van der Waals surface area contributed by atoms with Gasteiger partial charge in [0.1, 0.15) is 0 Å². The number of morpholine rings is 1. The zero-order chi connectivity index (χ0) is 19.9. The Bertz CT molecular complexity index is 962. The normalized spacial score (nSPS) is 18.3. The van der Waals surface area contributed by atoms with Crippen molar-refractivity contribution in [3.05, 3.63) is 47.3 Å². The van der Waals surface area contributed by atoms with E-state index in [1.165, 1.54) is 4.31 Å². The smallest absolute Gasteiger partial charge is 0.243 e. The second-order valence-corrected chi connectivity index (χ2v) is 10.2. The van der Waals surface area contributed by atoms with Crippen LogP contribution in [0.15, 0.2) is 35.4 Å². The van der Waals surface area contributed by atoms with Crippen LogP contribution in [0.1, 0.15) is 37.6 Å². The van der Waals surface area contributed by atoms with Gasteiger partial charge < -0.3 is 9.64 Å². The first-order valence-electron chi connectivity index (χ1n) is 9.53. The fraction of sp³-hybridized carbons (Fsp3) is 0.500. The summed E-state index contributed by atoms with van der Waals surface area (Å²) >= 11 is 0. The average molecular weight is 403 g/mol. The van der Waals surface area contributed by atoms with Gasteiger partial charge in [0.25, 0.3) is 0 Å². The lowest BCUT2D eigenvalue weighted by atomic mass is 9.87. The molecule has 8 heteroatoms. The van der Waals surface area contributed by atoms with Gasteiger partial charge >= 0.3 is 0 Å². The van der Waals surface area contributed by atoms with Gasteiger partial charge in [0.2, 0.25) is 16.0 Å². The third-order valence-electron chi connectivity index (χ3n) is 5.27. The number of hydrogen-bond donors (Lipinski definition) is 0. The molecule has 4 rings (SSSR count). The fourth-order valence-electron chi connectivity index (χ4n) is 3.48. The van der Waals surface area contributed by atoms with Gasteiger partial charge in [-0.2, -0.15) is 4.31 Å². The van der Waals surface area contributed by atoms with Crippen LogP contribution in [0.4, 0.5) is 5.95 Å². The summed E-state index contributed by atoms with van der Waals surface area (Å²) in [6.45, 7) is 9.73. The van der Waals surface area contributed by atoms with Crippen LogP contribution in [0, 0.1) is 0 Å². The Hall–Kier alpha value is -2.03. The van der Waals surface area contributed by atoms with Gasteiger partial charge in [-0.15, -0.1) is 0 Å². The van der Waals surface area contributed by atoms with Crippen molar-refractivity contribution in [1.82, 2.24) is 14.3 Å². The van der Waals surface area contributed by atoms with Gasteiger partial charge in [-0.3, -0.25) is 0 Å². The Morgan fingerprint density at radius 1 is 1.04 bits per heavy atom. The number of ether oxygens (including phenoxy) is 1. The van der Waals surface area contributed by atoms with E-state index in [2.05, 4.69) is 35.6 Å². The van der Waals surface area contributed by atoms with E-state index >= 15 is 0 Å². The minimum absolute atomic E-state index is 0.0162. The van der Waals surface area contributed by atoms with Crippen LogP contribution < -0.4 is 4.90 Å². The lowest BCUT2D eigenvalue weighted by Crippen LogP contribution is -2.37. The third kappa shape index (κ3) is 3.64. The highest BCUT2D eigenvalue weighted by Gasteiger charge is 2.32. The second kappa shape index (κ2) is 7.09. The first kappa shape index (κ1) is 19.3. The monoisotopic (exact) mass is 402 g/mol. The molecule has 7 nitrogen and oxygen atoms in total. The molecule has 0 atom stereocenters. The minimum Gasteiger partial charge on any atom is -0.378 e. The van der Waals surface area contributed by atoms with Gasteiger partial charge in [0, 0.05) is 31.4 Å². The van der Waals surface area contributed by atoms with E-state index in [0.717, 1.165) is 29.9 Å². The van der Waals surface area contributed by atoms with E-state index < -0.39 is 10.0 Å². The van der Waals surface area contributed by atoms with Gasteiger partial charge in [-0.05, 0) is 23.1 Å². The first-order valence-corrected chi connectivity index (χ1v) is 11.0. The molecule has 2 aliphatic heterocycles. The highest BCUT2D eigenvalue weighted by Crippen LogP contribution is 2.30. The number of anilines is 1. The van der Waals surface area contributed by atoms with Gasteiger partial charge in [-0.25, -0.2) is 18.4 Å². The van der Waals surface area contributed by atoms with Crippen LogP contribution >= 0.6 is 0 Å². The number of nitrogens with zero attached hydrogens (tertiary/aromatic N) is 4. The molecule has 2 aromatic rings. The molecule has 0 bridgehead atoms.